The predicted octanol–water partition coefficient (Wildman–Crippen LogP) is 1.84. The van der Waals surface area contributed by atoms with Crippen LogP contribution in [0.25, 0.3) is 0 Å². The number of aliphatic hydroxyl groups is 1. The van der Waals surface area contributed by atoms with Gasteiger partial charge in [-0.3, -0.25) is 14.4 Å². The molecule has 0 bridgehead atoms. The molecule has 0 radical (unpaired) electrons. The Morgan fingerprint density at radius 2 is 1.73 bits per heavy atom. The number of carbonyl (C=O) groups excluding carboxylic acids is 3. The molecule has 4 rings (SSSR count). The molecule has 2 aliphatic rings. The van der Waals surface area contributed by atoms with Gasteiger partial charge in [0, 0.05) is 36.6 Å². The van der Waals surface area contributed by atoms with E-state index in [9.17, 15) is 29.7 Å². The van der Waals surface area contributed by atoms with Gasteiger partial charge in [-0.2, -0.15) is 0 Å². The van der Waals surface area contributed by atoms with Crippen LogP contribution in [-0.4, -0.2) is 52.5 Å². The second-order valence-corrected chi connectivity index (χ2v) is 7.57. The van der Waals surface area contributed by atoms with Crippen molar-refractivity contribution in [2.75, 3.05) is 14.2 Å². The highest BCUT2D eigenvalue weighted by Gasteiger charge is 2.47. The first kappa shape index (κ1) is 20.1. The lowest BCUT2D eigenvalue weighted by Gasteiger charge is -2.37. The normalized spacial score (nSPS) is 22.2. The summed E-state index contributed by atoms with van der Waals surface area (Å²) in [4.78, 5) is 38.5. The van der Waals surface area contributed by atoms with Crippen molar-refractivity contribution in [3.63, 3.8) is 0 Å². The summed E-state index contributed by atoms with van der Waals surface area (Å²) in [6.07, 6.45) is -1.46. The zero-order valence-corrected chi connectivity index (χ0v) is 16.6. The van der Waals surface area contributed by atoms with E-state index >= 15 is 0 Å². The molecule has 0 fully saturated rings. The van der Waals surface area contributed by atoms with Crippen LogP contribution in [0.2, 0.25) is 0 Å². The Morgan fingerprint density at radius 3 is 2.33 bits per heavy atom. The molecule has 156 valence electrons. The molecule has 0 heterocycles. The summed E-state index contributed by atoms with van der Waals surface area (Å²) in [6.45, 7) is 1.21. The summed E-state index contributed by atoms with van der Waals surface area (Å²) in [5.41, 5.74) is -2.43. The van der Waals surface area contributed by atoms with Crippen LogP contribution in [0.5, 0.6) is 17.2 Å². The maximum Gasteiger partial charge on any atom is 0.202 e. The monoisotopic (exact) mass is 412 g/mol. The lowest BCUT2D eigenvalue weighted by atomic mass is 9.72. The Kier molecular flexibility index (Phi) is 4.44. The van der Waals surface area contributed by atoms with Crippen LogP contribution in [0.1, 0.15) is 62.4 Å². The topological polar surface area (TPSA) is 130 Å². The van der Waals surface area contributed by atoms with E-state index in [2.05, 4.69) is 0 Å². The Balaban J connectivity index is 2.05. The van der Waals surface area contributed by atoms with E-state index in [1.165, 1.54) is 33.3 Å². The maximum absolute atomic E-state index is 13.3. The summed E-state index contributed by atoms with van der Waals surface area (Å²) in [5, 5.41) is 32.8. The van der Waals surface area contributed by atoms with Gasteiger partial charge in [-0.15, -0.1) is 0 Å². The third kappa shape index (κ3) is 2.50. The highest BCUT2D eigenvalue weighted by Crippen LogP contribution is 2.51. The fourth-order valence-electron chi connectivity index (χ4n) is 4.39. The number of phenolic OH excluding ortho intramolecular Hbond substituents is 2. The summed E-state index contributed by atoms with van der Waals surface area (Å²) < 4.78 is 10.6. The van der Waals surface area contributed by atoms with Gasteiger partial charge >= 0.3 is 0 Å². The predicted molar refractivity (Wildman–Crippen MR) is 103 cm³/mol. The van der Waals surface area contributed by atoms with E-state index in [-0.39, 0.29) is 52.0 Å². The number of hydrogen-bond donors (Lipinski definition) is 3. The van der Waals surface area contributed by atoms with Gasteiger partial charge in [0.2, 0.25) is 5.78 Å². The van der Waals surface area contributed by atoms with Gasteiger partial charge < -0.3 is 24.8 Å². The number of hydrogen-bond acceptors (Lipinski definition) is 8. The quantitative estimate of drug-likeness (QED) is 0.556. The molecule has 8 nitrogen and oxygen atoms in total. The van der Waals surface area contributed by atoms with Crippen molar-refractivity contribution < 1.29 is 39.2 Å². The average molecular weight is 412 g/mol. The molecule has 30 heavy (non-hydrogen) atoms. The van der Waals surface area contributed by atoms with Crippen molar-refractivity contribution in [1.29, 1.82) is 0 Å². The third-order valence-corrected chi connectivity index (χ3v) is 6.02. The van der Waals surface area contributed by atoms with E-state index in [1.54, 1.807) is 6.07 Å². The molecule has 0 saturated carbocycles. The molecule has 2 atom stereocenters. The second-order valence-electron chi connectivity index (χ2n) is 7.57. The van der Waals surface area contributed by atoms with Gasteiger partial charge in [0.1, 0.15) is 22.8 Å². The van der Waals surface area contributed by atoms with E-state index in [1.807, 2.05) is 0 Å². The van der Waals surface area contributed by atoms with Gasteiger partial charge in [0.05, 0.1) is 29.9 Å². The number of phenols is 2. The molecule has 0 spiro atoms. The van der Waals surface area contributed by atoms with Crippen molar-refractivity contribution in [2.24, 2.45) is 0 Å². The SMILES string of the molecule is COc1cccc2c1C(=O)c1c(O)c3c(c(O)c1C2=O)C[C@@](O)(C(C)=O)C[C@@H]3OC. The minimum absolute atomic E-state index is 0.00262. The van der Waals surface area contributed by atoms with Crippen molar-refractivity contribution in [3.8, 4) is 17.2 Å². The molecule has 2 aromatic rings. The average Bonchev–Trinajstić information content (AvgIpc) is 2.73. The van der Waals surface area contributed by atoms with Crippen LogP contribution in [0.15, 0.2) is 18.2 Å². The smallest absolute Gasteiger partial charge is 0.202 e. The molecule has 2 aromatic carbocycles. The maximum atomic E-state index is 13.3. The molecule has 8 heteroatoms. The number of ether oxygens (including phenoxy) is 2. The fraction of sp³-hybridized carbons (Fsp3) is 0.318. The molecule has 0 amide bonds. The largest absolute Gasteiger partial charge is 0.507 e. The highest BCUT2D eigenvalue weighted by molar-refractivity contribution is 6.31. The van der Waals surface area contributed by atoms with Crippen molar-refractivity contribution >= 4 is 17.3 Å². The van der Waals surface area contributed by atoms with Crippen LogP contribution < -0.4 is 4.74 Å². The highest BCUT2D eigenvalue weighted by atomic mass is 16.5. The number of carbonyl (C=O) groups is 3. The first-order valence-corrected chi connectivity index (χ1v) is 9.29. The summed E-state index contributed by atoms with van der Waals surface area (Å²) in [5.74, 6) is -2.77. The minimum Gasteiger partial charge on any atom is -0.507 e. The Morgan fingerprint density at radius 1 is 1.07 bits per heavy atom. The molecule has 0 saturated heterocycles. The van der Waals surface area contributed by atoms with Crippen molar-refractivity contribution in [1.82, 2.24) is 0 Å². The van der Waals surface area contributed by atoms with E-state index in [4.69, 9.17) is 9.47 Å². The van der Waals surface area contributed by atoms with Crippen LogP contribution >= 0.6 is 0 Å². The number of aromatic hydroxyl groups is 2. The third-order valence-electron chi connectivity index (χ3n) is 6.02. The van der Waals surface area contributed by atoms with Gasteiger partial charge in [-0.1, -0.05) is 12.1 Å². The number of rotatable bonds is 3. The standard InChI is InChI=1S/C22H20O8/c1-9(23)22(28)7-11-15(13(8-22)30-3)21(27)17-16(19(11)25)18(24)10-5-4-6-12(29-2)14(10)20(17)26/h4-6,13,25,27-28H,7-8H2,1-3H3/t13-,22-/m0/s1. The van der Waals surface area contributed by atoms with Crippen LogP contribution in [-0.2, 0) is 16.0 Å². The first-order chi connectivity index (χ1) is 14.2. The number of fused-ring (bicyclic) bond motifs is 3. The Bertz CT molecular complexity index is 1130. The van der Waals surface area contributed by atoms with Crippen LogP contribution in [0, 0.1) is 0 Å². The fourth-order valence-corrected chi connectivity index (χ4v) is 4.39. The van der Waals surface area contributed by atoms with Gasteiger partial charge in [0.25, 0.3) is 0 Å². The van der Waals surface area contributed by atoms with E-state index in [0.29, 0.717) is 0 Å². The number of benzene rings is 2. The number of Topliss-reactive ketones (excluding diaryl/α,β-unsaturated/α-hetero) is 1. The van der Waals surface area contributed by atoms with E-state index < -0.39 is 40.6 Å². The number of methoxy groups -OCH3 is 2. The van der Waals surface area contributed by atoms with Crippen molar-refractivity contribution in [2.45, 2.75) is 31.5 Å². The summed E-state index contributed by atoms with van der Waals surface area (Å²) in [6, 6.07) is 4.49. The molecular weight excluding hydrogens is 392 g/mol. The molecule has 0 aromatic heterocycles. The second kappa shape index (κ2) is 6.65. The minimum atomic E-state index is -1.84. The Labute approximate surface area is 171 Å². The summed E-state index contributed by atoms with van der Waals surface area (Å²) in [7, 11) is 2.68. The zero-order chi connectivity index (χ0) is 22.0. The molecule has 2 aliphatic carbocycles. The molecule has 0 unspecified atom stereocenters. The van der Waals surface area contributed by atoms with Crippen LogP contribution in [0.4, 0.5) is 0 Å². The Hall–Kier alpha value is -3.23. The van der Waals surface area contributed by atoms with Crippen molar-refractivity contribution in [3.05, 3.63) is 51.6 Å². The number of ketones is 3. The molecule has 0 aliphatic heterocycles. The van der Waals surface area contributed by atoms with Gasteiger partial charge in [0.15, 0.2) is 11.6 Å². The summed E-state index contributed by atoms with van der Waals surface area (Å²) >= 11 is 0. The van der Waals surface area contributed by atoms with Gasteiger partial charge in [-0.25, -0.2) is 0 Å². The first-order valence-electron chi connectivity index (χ1n) is 9.29. The lowest BCUT2D eigenvalue weighted by molar-refractivity contribution is -0.140. The molecule has 3 N–H and O–H groups in total. The van der Waals surface area contributed by atoms with Crippen LogP contribution in [0.3, 0.4) is 0 Å². The zero-order valence-electron chi connectivity index (χ0n) is 16.6. The van der Waals surface area contributed by atoms with E-state index in [0.717, 1.165) is 0 Å². The lowest BCUT2D eigenvalue weighted by Crippen LogP contribution is -2.44. The molecular formula is C22H20O8. The van der Waals surface area contributed by atoms with Gasteiger partial charge in [-0.05, 0) is 13.0 Å².